The summed E-state index contributed by atoms with van der Waals surface area (Å²) in [7, 11) is 1.60. The molecule has 1 fully saturated rings. The molecule has 1 saturated carbocycles. The van der Waals surface area contributed by atoms with Crippen LogP contribution in [0.4, 0.5) is 0 Å². The van der Waals surface area contributed by atoms with E-state index in [1.165, 1.54) is 19.3 Å². The zero-order valence-corrected chi connectivity index (χ0v) is 11.3. The van der Waals surface area contributed by atoms with Crippen molar-refractivity contribution in [3.05, 3.63) is 23.9 Å². The van der Waals surface area contributed by atoms with E-state index in [2.05, 4.69) is 11.9 Å². The number of aliphatic hydroxyl groups excluding tert-OH is 1. The zero-order valence-electron chi connectivity index (χ0n) is 11.3. The SMILES string of the molecule is CCC1CCCC(C(O)c2ccc(OC)nc2)C1. The lowest BCUT2D eigenvalue weighted by atomic mass is 9.76. The Kier molecular flexibility index (Phi) is 4.59. The molecule has 1 N–H and O–H groups in total. The first kappa shape index (κ1) is 13.3. The van der Waals surface area contributed by atoms with Crippen LogP contribution in [0.3, 0.4) is 0 Å². The lowest BCUT2D eigenvalue weighted by Gasteiger charge is -2.31. The fraction of sp³-hybridized carbons (Fsp3) is 0.667. The average molecular weight is 249 g/mol. The van der Waals surface area contributed by atoms with Crippen LogP contribution < -0.4 is 4.74 Å². The quantitative estimate of drug-likeness (QED) is 0.890. The molecule has 1 aliphatic rings. The third-order valence-electron chi connectivity index (χ3n) is 4.16. The van der Waals surface area contributed by atoms with Crippen molar-refractivity contribution in [2.24, 2.45) is 11.8 Å². The Morgan fingerprint density at radius 2 is 2.28 bits per heavy atom. The van der Waals surface area contributed by atoms with Crippen LogP contribution in [0, 0.1) is 11.8 Å². The summed E-state index contributed by atoms with van der Waals surface area (Å²) in [6, 6.07) is 3.74. The minimum atomic E-state index is -0.377. The second-order valence-corrected chi connectivity index (χ2v) is 5.28. The number of methoxy groups -OCH3 is 1. The maximum atomic E-state index is 10.4. The highest BCUT2D eigenvalue weighted by molar-refractivity contribution is 5.20. The summed E-state index contributed by atoms with van der Waals surface area (Å²) in [5.74, 6) is 1.77. The van der Waals surface area contributed by atoms with Gasteiger partial charge in [-0.3, -0.25) is 0 Å². The van der Waals surface area contributed by atoms with Gasteiger partial charge in [0, 0.05) is 12.3 Å². The lowest BCUT2D eigenvalue weighted by molar-refractivity contribution is 0.0675. The van der Waals surface area contributed by atoms with Gasteiger partial charge >= 0.3 is 0 Å². The van der Waals surface area contributed by atoms with E-state index in [-0.39, 0.29) is 6.10 Å². The van der Waals surface area contributed by atoms with Gasteiger partial charge in [-0.05, 0) is 36.3 Å². The summed E-state index contributed by atoms with van der Waals surface area (Å²) in [5.41, 5.74) is 0.914. The molecule has 1 aromatic heterocycles. The molecule has 3 nitrogen and oxygen atoms in total. The number of hydrogen-bond acceptors (Lipinski definition) is 3. The normalized spacial score (nSPS) is 25.7. The molecule has 1 aromatic rings. The van der Waals surface area contributed by atoms with Gasteiger partial charge in [-0.2, -0.15) is 0 Å². The van der Waals surface area contributed by atoms with Crippen molar-refractivity contribution in [1.82, 2.24) is 4.98 Å². The monoisotopic (exact) mass is 249 g/mol. The molecule has 2 rings (SSSR count). The van der Waals surface area contributed by atoms with Crippen molar-refractivity contribution < 1.29 is 9.84 Å². The van der Waals surface area contributed by atoms with E-state index in [1.54, 1.807) is 13.3 Å². The van der Waals surface area contributed by atoms with Gasteiger partial charge in [0.2, 0.25) is 5.88 Å². The molecule has 18 heavy (non-hydrogen) atoms. The fourth-order valence-corrected chi connectivity index (χ4v) is 2.95. The van der Waals surface area contributed by atoms with E-state index in [0.717, 1.165) is 24.3 Å². The second-order valence-electron chi connectivity index (χ2n) is 5.28. The maximum absolute atomic E-state index is 10.4. The smallest absolute Gasteiger partial charge is 0.212 e. The third kappa shape index (κ3) is 3.02. The number of ether oxygens (including phenoxy) is 1. The van der Waals surface area contributed by atoms with E-state index < -0.39 is 0 Å². The topological polar surface area (TPSA) is 42.4 Å². The molecule has 0 saturated heterocycles. The van der Waals surface area contributed by atoms with Crippen LogP contribution in [0.1, 0.15) is 50.7 Å². The number of aromatic nitrogens is 1. The number of aliphatic hydroxyl groups is 1. The van der Waals surface area contributed by atoms with E-state index in [1.807, 2.05) is 12.1 Å². The molecule has 3 atom stereocenters. The van der Waals surface area contributed by atoms with Crippen LogP contribution in [0.5, 0.6) is 5.88 Å². The second kappa shape index (κ2) is 6.19. The van der Waals surface area contributed by atoms with Crippen LogP contribution in [-0.4, -0.2) is 17.2 Å². The van der Waals surface area contributed by atoms with Crippen molar-refractivity contribution in [3.8, 4) is 5.88 Å². The van der Waals surface area contributed by atoms with Crippen molar-refractivity contribution in [1.29, 1.82) is 0 Å². The highest BCUT2D eigenvalue weighted by Crippen LogP contribution is 2.38. The highest BCUT2D eigenvalue weighted by Gasteiger charge is 2.27. The van der Waals surface area contributed by atoms with E-state index in [9.17, 15) is 5.11 Å². The summed E-state index contributed by atoms with van der Waals surface area (Å²) in [4.78, 5) is 4.17. The number of hydrogen-bond donors (Lipinski definition) is 1. The Labute approximate surface area is 109 Å². The fourth-order valence-electron chi connectivity index (χ4n) is 2.95. The maximum Gasteiger partial charge on any atom is 0.212 e. The largest absolute Gasteiger partial charge is 0.481 e. The molecule has 1 heterocycles. The molecule has 0 spiro atoms. The predicted molar refractivity (Wildman–Crippen MR) is 71.5 cm³/mol. The standard InChI is InChI=1S/C15H23NO2/c1-3-11-5-4-6-12(9-11)15(17)13-7-8-14(18-2)16-10-13/h7-8,10-12,15,17H,3-6,9H2,1-2H3. The van der Waals surface area contributed by atoms with Crippen molar-refractivity contribution in [3.63, 3.8) is 0 Å². The van der Waals surface area contributed by atoms with Gasteiger partial charge < -0.3 is 9.84 Å². The highest BCUT2D eigenvalue weighted by atomic mass is 16.5. The molecule has 3 unspecified atom stereocenters. The van der Waals surface area contributed by atoms with Crippen molar-refractivity contribution in [2.45, 2.75) is 45.1 Å². The van der Waals surface area contributed by atoms with Gasteiger partial charge in [0.15, 0.2) is 0 Å². The van der Waals surface area contributed by atoms with Crippen LogP contribution in [0.2, 0.25) is 0 Å². The summed E-state index contributed by atoms with van der Waals surface area (Å²) in [5, 5.41) is 10.4. The molecular formula is C15H23NO2. The molecule has 3 heteroatoms. The van der Waals surface area contributed by atoms with Gasteiger partial charge in [0.25, 0.3) is 0 Å². The summed E-state index contributed by atoms with van der Waals surface area (Å²) in [6.45, 7) is 2.24. The van der Waals surface area contributed by atoms with Crippen molar-refractivity contribution >= 4 is 0 Å². The van der Waals surface area contributed by atoms with Crippen LogP contribution in [-0.2, 0) is 0 Å². The predicted octanol–water partition coefficient (Wildman–Crippen LogP) is 3.34. The lowest BCUT2D eigenvalue weighted by Crippen LogP contribution is -2.21. The molecule has 0 aliphatic heterocycles. The van der Waals surface area contributed by atoms with Gasteiger partial charge in [-0.25, -0.2) is 4.98 Å². The van der Waals surface area contributed by atoms with Crippen molar-refractivity contribution in [2.75, 3.05) is 7.11 Å². The molecule has 1 aliphatic carbocycles. The Bertz CT molecular complexity index is 363. The first-order chi connectivity index (χ1) is 8.74. The zero-order chi connectivity index (χ0) is 13.0. The number of rotatable bonds is 4. The Morgan fingerprint density at radius 3 is 2.89 bits per heavy atom. The molecule has 100 valence electrons. The molecule has 0 bridgehead atoms. The number of nitrogens with zero attached hydrogens (tertiary/aromatic N) is 1. The van der Waals surface area contributed by atoms with Gasteiger partial charge in [-0.15, -0.1) is 0 Å². The Hall–Kier alpha value is -1.09. The van der Waals surface area contributed by atoms with Crippen LogP contribution >= 0.6 is 0 Å². The average Bonchev–Trinajstić information content (AvgIpc) is 2.46. The van der Waals surface area contributed by atoms with Crippen LogP contribution in [0.15, 0.2) is 18.3 Å². The third-order valence-corrected chi connectivity index (χ3v) is 4.16. The van der Waals surface area contributed by atoms with E-state index in [0.29, 0.717) is 11.8 Å². The minimum Gasteiger partial charge on any atom is -0.481 e. The van der Waals surface area contributed by atoms with E-state index >= 15 is 0 Å². The molecule has 0 aromatic carbocycles. The molecular weight excluding hydrogens is 226 g/mol. The number of pyridine rings is 1. The van der Waals surface area contributed by atoms with E-state index in [4.69, 9.17) is 4.74 Å². The summed E-state index contributed by atoms with van der Waals surface area (Å²) in [6.07, 6.45) is 7.42. The van der Waals surface area contributed by atoms with Gasteiger partial charge in [-0.1, -0.05) is 26.2 Å². The first-order valence-electron chi connectivity index (χ1n) is 6.92. The first-order valence-corrected chi connectivity index (χ1v) is 6.92. The van der Waals surface area contributed by atoms with Gasteiger partial charge in [0.05, 0.1) is 13.2 Å². The Balaban J connectivity index is 2.02. The Morgan fingerprint density at radius 1 is 1.44 bits per heavy atom. The molecule has 0 radical (unpaired) electrons. The van der Waals surface area contributed by atoms with Crippen LogP contribution in [0.25, 0.3) is 0 Å². The minimum absolute atomic E-state index is 0.377. The summed E-state index contributed by atoms with van der Waals surface area (Å²) >= 11 is 0. The van der Waals surface area contributed by atoms with Gasteiger partial charge in [0.1, 0.15) is 0 Å². The summed E-state index contributed by atoms with van der Waals surface area (Å²) < 4.78 is 5.04. The molecule has 0 amide bonds.